The second-order valence-electron chi connectivity index (χ2n) is 5.41. The SMILES string of the molecule is CCC(C)N(CCOC)CC1(C=O)CCCC1. The highest BCUT2D eigenvalue weighted by atomic mass is 16.5. The first kappa shape index (κ1) is 14.7. The van der Waals surface area contributed by atoms with Crippen LogP contribution in [0.25, 0.3) is 0 Å². The topological polar surface area (TPSA) is 29.5 Å². The van der Waals surface area contributed by atoms with Crippen LogP contribution in [0.1, 0.15) is 46.0 Å². The minimum atomic E-state index is -0.0723. The van der Waals surface area contributed by atoms with Gasteiger partial charge in [0, 0.05) is 31.7 Å². The fourth-order valence-electron chi connectivity index (χ4n) is 2.72. The number of nitrogens with zero attached hydrogens (tertiary/aromatic N) is 1. The molecule has 100 valence electrons. The molecule has 0 saturated heterocycles. The summed E-state index contributed by atoms with van der Waals surface area (Å²) >= 11 is 0. The Morgan fingerprint density at radius 2 is 2.06 bits per heavy atom. The van der Waals surface area contributed by atoms with Crippen LogP contribution in [-0.4, -0.2) is 44.0 Å². The molecule has 1 aliphatic carbocycles. The summed E-state index contributed by atoms with van der Waals surface area (Å²) in [7, 11) is 1.74. The van der Waals surface area contributed by atoms with E-state index >= 15 is 0 Å². The largest absolute Gasteiger partial charge is 0.383 e. The number of methoxy groups -OCH3 is 1. The highest BCUT2D eigenvalue weighted by Crippen LogP contribution is 2.37. The molecule has 0 aliphatic heterocycles. The van der Waals surface area contributed by atoms with Gasteiger partial charge in [0.15, 0.2) is 0 Å². The lowest BCUT2D eigenvalue weighted by atomic mass is 9.87. The predicted molar refractivity (Wildman–Crippen MR) is 70.2 cm³/mol. The first-order valence-electron chi connectivity index (χ1n) is 6.87. The summed E-state index contributed by atoms with van der Waals surface area (Å²) in [4.78, 5) is 13.8. The summed E-state index contributed by atoms with van der Waals surface area (Å²) < 4.78 is 5.17. The first-order valence-corrected chi connectivity index (χ1v) is 6.87. The van der Waals surface area contributed by atoms with Crippen LogP contribution < -0.4 is 0 Å². The van der Waals surface area contributed by atoms with E-state index in [1.807, 2.05) is 0 Å². The van der Waals surface area contributed by atoms with E-state index in [1.165, 1.54) is 19.1 Å². The van der Waals surface area contributed by atoms with Crippen molar-refractivity contribution in [3.05, 3.63) is 0 Å². The molecular formula is C14H27NO2. The van der Waals surface area contributed by atoms with Crippen molar-refractivity contribution in [2.75, 3.05) is 26.8 Å². The maximum Gasteiger partial charge on any atom is 0.127 e. The van der Waals surface area contributed by atoms with Crippen molar-refractivity contribution >= 4 is 6.29 Å². The molecule has 3 nitrogen and oxygen atoms in total. The van der Waals surface area contributed by atoms with Crippen LogP contribution in [0.15, 0.2) is 0 Å². The van der Waals surface area contributed by atoms with Gasteiger partial charge in [-0.05, 0) is 26.2 Å². The predicted octanol–water partition coefficient (Wildman–Crippen LogP) is 2.49. The van der Waals surface area contributed by atoms with Crippen molar-refractivity contribution in [2.24, 2.45) is 5.41 Å². The lowest BCUT2D eigenvalue weighted by molar-refractivity contribution is -0.117. The molecule has 0 bridgehead atoms. The molecule has 3 heteroatoms. The number of hydrogen-bond donors (Lipinski definition) is 0. The lowest BCUT2D eigenvalue weighted by Crippen LogP contribution is -2.43. The second kappa shape index (κ2) is 7.12. The maximum atomic E-state index is 11.4. The molecule has 1 unspecified atom stereocenters. The van der Waals surface area contributed by atoms with Gasteiger partial charge in [-0.1, -0.05) is 19.8 Å². The molecule has 0 N–H and O–H groups in total. The highest BCUT2D eigenvalue weighted by Gasteiger charge is 2.36. The average molecular weight is 241 g/mol. The number of rotatable bonds is 8. The van der Waals surface area contributed by atoms with Crippen LogP contribution >= 0.6 is 0 Å². The van der Waals surface area contributed by atoms with Gasteiger partial charge in [0.2, 0.25) is 0 Å². The molecule has 0 aromatic heterocycles. The molecule has 17 heavy (non-hydrogen) atoms. The van der Waals surface area contributed by atoms with Gasteiger partial charge in [-0.15, -0.1) is 0 Å². The summed E-state index contributed by atoms with van der Waals surface area (Å²) in [6, 6.07) is 0.530. The standard InChI is InChI=1S/C14H27NO2/c1-4-13(2)15(9-10-17-3)11-14(12-16)7-5-6-8-14/h12-13H,4-11H2,1-3H3. The van der Waals surface area contributed by atoms with E-state index < -0.39 is 0 Å². The zero-order chi connectivity index (χ0) is 12.7. The van der Waals surface area contributed by atoms with E-state index in [1.54, 1.807) is 7.11 Å². The van der Waals surface area contributed by atoms with E-state index in [9.17, 15) is 4.79 Å². The van der Waals surface area contributed by atoms with Gasteiger partial charge < -0.3 is 9.53 Å². The van der Waals surface area contributed by atoms with Crippen molar-refractivity contribution in [3.8, 4) is 0 Å². The van der Waals surface area contributed by atoms with Crippen molar-refractivity contribution < 1.29 is 9.53 Å². The number of carbonyl (C=O) groups is 1. The van der Waals surface area contributed by atoms with E-state index in [-0.39, 0.29) is 5.41 Å². The normalized spacial score (nSPS) is 20.7. The molecule has 1 atom stereocenters. The minimum Gasteiger partial charge on any atom is -0.383 e. The smallest absolute Gasteiger partial charge is 0.127 e. The van der Waals surface area contributed by atoms with Gasteiger partial charge in [-0.3, -0.25) is 4.90 Å². The summed E-state index contributed by atoms with van der Waals surface area (Å²) in [5.74, 6) is 0. The van der Waals surface area contributed by atoms with Gasteiger partial charge in [-0.25, -0.2) is 0 Å². The third-order valence-corrected chi connectivity index (χ3v) is 4.16. The van der Waals surface area contributed by atoms with Crippen molar-refractivity contribution in [1.29, 1.82) is 0 Å². The summed E-state index contributed by atoms with van der Waals surface area (Å²) in [5.41, 5.74) is -0.0723. The summed E-state index contributed by atoms with van der Waals surface area (Å²) in [5, 5.41) is 0. The van der Waals surface area contributed by atoms with Gasteiger partial charge >= 0.3 is 0 Å². The van der Waals surface area contributed by atoms with Crippen molar-refractivity contribution in [1.82, 2.24) is 4.90 Å². The Bertz CT molecular complexity index is 224. The Balaban J connectivity index is 2.59. The van der Waals surface area contributed by atoms with Crippen LogP contribution in [0.5, 0.6) is 0 Å². The molecule has 0 spiro atoms. The van der Waals surface area contributed by atoms with Crippen molar-refractivity contribution in [2.45, 2.75) is 52.0 Å². The van der Waals surface area contributed by atoms with E-state index in [0.29, 0.717) is 6.04 Å². The van der Waals surface area contributed by atoms with Crippen LogP contribution in [0, 0.1) is 5.41 Å². The van der Waals surface area contributed by atoms with Gasteiger partial charge in [0.25, 0.3) is 0 Å². The maximum absolute atomic E-state index is 11.4. The monoisotopic (exact) mass is 241 g/mol. The average Bonchev–Trinajstić information content (AvgIpc) is 2.82. The van der Waals surface area contributed by atoms with Gasteiger partial charge in [0.1, 0.15) is 6.29 Å². The zero-order valence-corrected chi connectivity index (χ0v) is 11.6. The van der Waals surface area contributed by atoms with E-state index in [0.717, 1.165) is 39.0 Å². The Morgan fingerprint density at radius 3 is 2.53 bits per heavy atom. The zero-order valence-electron chi connectivity index (χ0n) is 11.6. The Morgan fingerprint density at radius 1 is 1.41 bits per heavy atom. The van der Waals surface area contributed by atoms with Crippen LogP contribution in [0.2, 0.25) is 0 Å². The first-order chi connectivity index (χ1) is 8.17. The van der Waals surface area contributed by atoms with Crippen LogP contribution in [-0.2, 0) is 9.53 Å². The molecular weight excluding hydrogens is 214 g/mol. The van der Waals surface area contributed by atoms with Crippen molar-refractivity contribution in [3.63, 3.8) is 0 Å². The van der Waals surface area contributed by atoms with Crippen LogP contribution in [0.3, 0.4) is 0 Å². The number of aldehydes is 1. The quantitative estimate of drug-likeness (QED) is 0.611. The highest BCUT2D eigenvalue weighted by molar-refractivity contribution is 5.60. The summed E-state index contributed by atoms with van der Waals surface area (Å²) in [6.07, 6.45) is 6.88. The Hall–Kier alpha value is -0.410. The molecule has 0 heterocycles. The molecule has 0 aromatic rings. The van der Waals surface area contributed by atoms with Gasteiger partial charge in [0.05, 0.1) is 6.61 Å². The number of carbonyl (C=O) groups excluding carboxylic acids is 1. The minimum absolute atomic E-state index is 0.0723. The molecule has 0 amide bonds. The third kappa shape index (κ3) is 4.07. The number of ether oxygens (including phenoxy) is 1. The Kier molecular flexibility index (Phi) is 6.14. The molecule has 1 saturated carbocycles. The summed E-state index contributed by atoms with van der Waals surface area (Å²) in [6.45, 7) is 7.03. The third-order valence-electron chi connectivity index (χ3n) is 4.16. The molecule has 0 aromatic carbocycles. The fourth-order valence-corrected chi connectivity index (χ4v) is 2.72. The van der Waals surface area contributed by atoms with E-state index in [2.05, 4.69) is 18.7 Å². The van der Waals surface area contributed by atoms with E-state index in [4.69, 9.17) is 4.74 Å². The van der Waals surface area contributed by atoms with Crippen LogP contribution in [0.4, 0.5) is 0 Å². The Labute approximate surface area is 106 Å². The molecule has 0 radical (unpaired) electrons. The molecule has 1 aliphatic rings. The second-order valence-corrected chi connectivity index (χ2v) is 5.41. The number of hydrogen-bond acceptors (Lipinski definition) is 3. The van der Waals surface area contributed by atoms with Gasteiger partial charge in [-0.2, -0.15) is 0 Å². The lowest BCUT2D eigenvalue weighted by Gasteiger charge is -2.35. The fraction of sp³-hybridized carbons (Fsp3) is 0.929. The molecule has 1 fully saturated rings. The molecule has 1 rings (SSSR count).